The van der Waals surface area contributed by atoms with E-state index >= 15 is 0 Å². The Hall–Kier alpha value is -2.96. The molecule has 0 aliphatic carbocycles. The van der Waals surface area contributed by atoms with E-state index in [0.717, 1.165) is 36.4 Å². The average molecular weight is 374 g/mol. The van der Waals surface area contributed by atoms with Crippen molar-refractivity contribution < 1.29 is 9.15 Å². The number of benzene rings is 1. The van der Waals surface area contributed by atoms with E-state index < -0.39 is 0 Å². The zero-order chi connectivity index (χ0) is 18.9. The fourth-order valence-electron chi connectivity index (χ4n) is 3.71. The van der Waals surface area contributed by atoms with E-state index in [2.05, 4.69) is 58.5 Å². The quantitative estimate of drug-likeness (QED) is 0.543. The van der Waals surface area contributed by atoms with Crippen LogP contribution in [0.25, 0.3) is 16.6 Å². The summed E-state index contributed by atoms with van der Waals surface area (Å²) in [6, 6.07) is 14.7. The highest BCUT2D eigenvalue weighted by atomic mass is 16.5. The number of aromatic nitrogens is 3. The van der Waals surface area contributed by atoms with Crippen LogP contribution in [0, 0.1) is 6.92 Å². The van der Waals surface area contributed by atoms with E-state index in [9.17, 15) is 0 Å². The lowest BCUT2D eigenvalue weighted by Crippen LogP contribution is -2.37. The average Bonchev–Trinajstić information content (AvgIpc) is 3.38. The number of fused-ring (bicyclic) bond motifs is 1. The molecule has 1 atom stereocenters. The maximum Gasteiger partial charge on any atom is 0.121 e. The molecule has 3 aromatic heterocycles. The van der Waals surface area contributed by atoms with E-state index in [-0.39, 0.29) is 6.10 Å². The monoisotopic (exact) mass is 374 g/mol. The summed E-state index contributed by atoms with van der Waals surface area (Å²) in [5.74, 6) is 0. The molecule has 1 aliphatic rings. The third-order valence-corrected chi connectivity index (χ3v) is 5.27. The van der Waals surface area contributed by atoms with Crippen LogP contribution in [-0.4, -0.2) is 39.4 Å². The Bertz CT molecular complexity index is 1070. The standard InChI is InChI=1S/C22H22N4O2/c1-16-2-4-18(5-3-16)19-6-7-20-22(23-24-26(20)13-19)21-14-25(9-11-28-21)12-17-8-10-27-15-17/h2-8,10,13,15,21H,9,11-12,14H2,1H3/t21-/m0/s1. The first kappa shape index (κ1) is 17.2. The van der Waals surface area contributed by atoms with Crippen LogP contribution in [0.1, 0.15) is 22.9 Å². The lowest BCUT2D eigenvalue weighted by Gasteiger charge is -2.31. The van der Waals surface area contributed by atoms with Crippen molar-refractivity contribution in [2.45, 2.75) is 19.6 Å². The highest BCUT2D eigenvalue weighted by Crippen LogP contribution is 2.27. The molecule has 1 saturated heterocycles. The summed E-state index contributed by atoms with van der Waals surface area (Å²) in [6.45, 7) is 5.32. The van der Waals surface area contributed by atoms with Crippen LogP contribution in [0.3, 0.4) is 0 Å². The van der Waals surface area contributed by atoms with Crippen molar-refractivity contribution in [1.82, 2.24) is 19.7 Å². The molecule has 0 unspecified atom stereocenters. The second-order valence-corrected chi connectivity index (χ2v) is 7.31. The number of hydrogen-bond acceptors (Lipinski definition) is 5. The zero-order valence-corrected chi connectivity index (χ0v) is 15.8. The molecule has 0 bridgehead atoms. The Kier molecular flexibility index (Phi) is 4.43. The fraction of sp³-hybridized carbons (Fsp3) is 0.273. The molecule has 6 heteroatoms. The van der Waals surface area contributed by atoms with Gasteiger partial charge in [-0.2, -0.15) is 0 Å². The first-order valence-corrected chi connectivity index (χ1v) is 9.53. The Morgan fingerprint density at radius 1 is 1.07 bits per heavy atom. The Morgan fingerprint density at radius 2 is 1.93 bits per heavy atom. The number of pyridine rings is 1. The van der Waals surface area contributed by atoms with E-state index in [1.54, 1.807) is 12.5 Å². The predicted octanol–water partition coefficient (Wildman–Crippen LogP) is 3.87. The summed E-state index contributed by atoms with van der Waals surface area (Å²) < 4.78 is 13.1. The zero-order valence-electron chi connectivity index (χ0n) is 15.8. The largest absolute Gasteiger partial charge is 0.472 e. The second kappa shape index (κ2) is 7.22. The molecule has 28 heavy (non-hydrogen) atoms. The van der Waals surface area contributed by atoms with Gasteiger partial charge in [-0.25, -0.2) is 4.52 Å². The highest BCUT2D eigenvalue weighted by molar-refractivity contribution is 5.66. The molecule has 142 valence electrons. The minimum absolute atomic E-state index is 0.0802. The lowest BCUT2D eigenvalue weighted by molar-refractivity contribution is -0.0343. The van der Waals surface area contributed by atoms with Gasteiger partial charge >= 0.3 is 0 Å². The third-order valence-electron chi connectivity index (χ3n) is 5.27. The summed E-state index contributed by atoms with van der Waals surface area (Å²) >= 11 is 0. The molecule has 0 spiro atoms. The van der Waals surface area contributed by atoms with Crippen LogP contribution in [0.2, 0.25) is 0 Å². The minimum Gasteiger partial charge on any atom is -0.472 e. The molecule has 5 rings (SSSR count). The van der Waals surface area contributed by atoms with E-state index in [1.807, 2.05) is 16.8 Å². The van der Waals surface area contributed by atoms with Crippen LogP contribution in [0.5, 0.6) is 0 Å². The number of morpholine rings is 1. The van der Waals surface area contributed by atoms with Crippen LogP contribution >= 0.6 is 0 Å². The summed E-state index contributed by atoms with van der Waals surface area (Å²) in [5, 5.41) is 8.79. The van der Waals surface area contributed by atoms with Crippen LogP contribution in [-0.2, 0) is 11.3 Å². The second-order valence-electron chi connectivity index (χ2n) is 7.31. The maximum absolute atomic E-state index is 6.03. The van der Waals surface area contributed by atoms with E-state index in [4.69, 9.17) is 9.15 Å². The van der Waals surface area contributed by atoms with Crippen molar-refractivity contribution in [2.75, 3.05) is 19.7 Å². The van der Waals surface area contributed by atoms with Gasteiger partial charge in [0, 0.05) is 37.0 Å². The van der Waals surface area contributed by atoms with Crippen molar-refractivity contribution in [1.29, 1.82) is 0 Å². The molecular weight excluding hydrogens is 352 g/mol. The molecule has 0 amide bonds. The summed E-state index contributed by atoms with van der Waals surface area (Å²) in [5.41, 5.74) is 6.61. The van der Waals surface area contributed by atoms with Crippen molar-refractivity contribution >= 4 is 5.52 Å². The number of rotatable bonds is 4. The van der Waals surface area contributed by atoms with Crippen molar-refractivity contribution in [3.05, 3.63) is 78.0 Å². The molecule has 0 saturated carbocycles. The van der Waals surface area contributed by atoms with Gasteiger partial charge in [0.2, 0.25) is 0 Å². The fourth-order valence-corrected chi connectivity index (χ4v) is 3.71. The Morgan fingerprint density at radius 3 is 2.75 bits per heavy atom. The summed E-state index contributed by atoms with van der Waals surface area (Å²) in [7, 11) is 0. The van der Waals surface area contributed by atoms with Gasteiger partial charge in [-0.1, -0.05) is 41.1 Å². The third kappa shape index (κ3) is 3.32. The smallest absolute Gasteiger partial charge is 0.121 e. The van der Waals surface area contributed by atoms with Gasteiger partial charge in [0.25, 0.3) is 0 Å². The SMILES string of the molecule is Cc1ccc(-c2ccc3c([C@@H]4CN(Cc5ccoc5)CCO4)nnn3c2)cc1. The lowest BCUT2D eigenvalue weighted by atomic mass is 10.1. The number of hydrogen-bond donors (Lipinski definition) is 0. The number of aryl methyl sites for hydroxylation is 1. The van der Waals surface area contributed by atoms with Crippen molar-refractivity contribution in [2.24, 2.45) is 0 Å². The molecule has 1 aliphatic heterocycles. The van der Waals surface area contributed by atoms with Crippen molar-refractivity contribution in [3.8, 4) is 11.1 Å². The topological polar surface area (TPSA) is 55.8 Å². The van der Waals surface area contributed by atoms with Crippen LogP contribution in [0.15, 0.2) is 65.6 Å². The van der Waals surface area contributed by atoms with Gasteiger partial charge < -0.3 is 9.15 Å². The van der Waals surface area contributed by atoms with Crippen molar-refractivity contribution in [3.63, 3.8) is 0 Å². The molecule has 0 N–H and O–H groups in total. The molecule has 1 aromatic carbocycles. The first-order valence-electron chi connectivity index (χ1n) is 9.53. The molecule has 4 heterocycles. The highest BCUT2D eigenvalue weighted by Gasteiger charge is 2.26. The Balaban J connectivity index is 1.39. The first-order chi connectivity index (χ1) is 13.8. The number of nitrogens with zero attached hydrogens (tertiary/aromatic N) is 4. The summed E-state index contributed by atoms with van der Waals surface area (Å²) in [4.78, 5) is 2.37. The Labute approximate surface area is 163 Å². The maximum atomic E-state index is 6.03. The molecule has 6 nitrogen and oxygen atoms in total. The van der Waals surface area contributed by atoms with Crippen LogP contribution in [0.4, 0.5) is 0 Å². The molecule has 0 radical (unpaired) electrons. The van der Waals surface area contributed by atoms with Gasteiger partial charge in [-0.05, 0) is 24.6 Å². The van der Waals surface area contributed by atoms with E-state index in [0.29, 0.717) is 6.61 Å². The molecule has 1 fully saturated rings. The predicted molar refractivity (Wildman–Crippen MR) is 106 cm³/mol. The minimum atomic E-state index is -0.0802. The van der Waals surface area contributed by atoms with E-state index in [1.165, 1.54) is 16.7 Å². The normalized spacial score (nSPS) is 18.0. The molecule has 4 aromatic rings. The number of furan rings is 1. The van der Waals surface area contributed by atoms with Crippen LogP contribution < -0.4 is 0 Å². The summed E-state index contributed by atoms with van der Waals surface area (Å²) in [6.07, 6.45) is 5.46. The van der Waals surface area contributed by atoms with Gasteiger partial charge in [0.1, 0.15) is 11.8 Å². The van der Waals surface area contributed by atoms with Gasteiger partial charge in [0.15, 0.2) is 0 Å². The van der Waals surface area contributed by atoms with Gasteiger partial charge in [-0.15, -0.1) is 5.10 Å². The van der Waals surface area contributed by atoms with Gasteiger partial charge in [0.05, 0.1) is 24.6 Å². The van der Waals surface area contributed by atoms with Gasteiger partial charge in [-0.3, -0.25) is 4.90 Å². The number of ether oxygens (including phenoxy) is 1. The molecular formula is C22H22N4O2.